The van der Waals surface area contributed by atoms with Crippen LogP contribution in [0.2, 0.25) is 0 Å². The lowest BCUT2D eigenvalue weighted by Crippen LogP contribution is -2.32. The zero-order valence-corrected chi connectivity index (χ0v) is 12.3. The van der Waals surface area contributed by atoms with Crippen LogP contribution in [-0.2, 0) is 6.54 Å². The van der Waals surface area contributed by atoms with E-state index in [1.54, 1.807) is 0 Å². The number of halogens is 1. The summed E-state index contributed by atoms with van der Waals surface area (Å²) in [5, 5.41) is 2.98. The van der Waals surface area contributed by atoms with Gasteiger partial charge in [0.2, 0.25) is 0 Å². The number of nitrogens with zero attached hydrogens (tertiary/aromatic N) is 3. The minimum atomic E-state index is 0.404. The van der Waals surface area contributed by atoms with E-state index in [0.717, 1.165) is 21.4 Å². The monoisotopic (exact) mass is 321 g/mol. The Balaban J connectivity index is 2.05. The molecule has 2 aromatic rings. The first-order chi connectivity index (χ1) is 9.04. The largest absolute Gasteiger partial charge is 0.370 e. The summed E-state index contributed by atoms with van der Waals surface area (Å²) in [6, 6.07) is 3.90. The van der Waals surface area contributed by atoms with Crippen LogP contribution < -0.4 is 11.1 Å². The molecule has 0 unspecified atom stereocenters. The van der Waals surface area contributed by atoms with Gasteiger partial charge in [0.15, 0.2) is 5.96 Å². The summed E-state index contributed by atoms with van der Waals surface area (Å²) in [7, 11) is 0. The third kappa shape index (κ3) is 3.82. The number of imidazole rings is 1. The SMILES string of the molecule is C=C(C)CNC(N)=NCc1cn2cc(Br)ccc2n1. The van der Waals surface area contributed by atoms with Gasteiger partial charge in [0.25, 0.3) is 0 Å². The fourth-order valence-corrected chi connectivity index (χ4v) is 1.91. The molecular weight excluding hydrogens is 306 g/mol. The zero-order chi connectivity index (χ0) is 13.8. The predicted molar refractivity (Wildman–Crippen MR) is 81.0 cm³/mol. The van der Waals surface area contributed by atoms with Gasteiger partial charge in [0.1, 0.15) is 5.65 Å². The summed E-state index contributed by atoms with van der Waals surface area (Å²) < 4.78 is 2.96. The number of guanidine groups is 1. The maximum atomic E-state index is 5.74. The zero-order valence-electron chi connectivity index (χ0n) is 10.7. The molecule has 5 nitrogen and oxygen atoms in total. The van der Waals surface area contributed by atoms with E-state index < -0.39 is 0 Å². The summed E-state index contributed by atoms with van der Waals surface area (Å²) in [5.41, 5.74) is 8.52. The number of aromatic nitrogens is 2. The quantitative estimate of drug-likeness (QED) is 0.514. The van der Waals surface area contributed by atoms with Crippen molar-refractivity contribution in [2.75, 3.05) is 6.54 Å². The number of hydrogen-bond acceptors (Lipinski definition) is 2. The minimum Gasteiger partial charge on any atom is -0.370 e. The average molecular weight is 322 g/mol. The van der Waals surface area contributed by atoms with Crippen LogP contribution in [0, 0.1) is 0 Å². The van der Waals surface area contributed by atoms with E-state index in [1.807, 2.05) is 35.9 Å². The van der Waals surface area contributed by atoms with Crippen LogP contribution in [0.25, 0.3) is 5.65 Å². The Kier molecular flexibility index (Phi) is 4.21. The third-order valence-electron chi connectivity index (χ3n) is 2.45. The molecule has 2 rings (SSSR count). The van der Waals surface area contributed by atoms with E-state index >= 15 is 0 Å². The Morgan fingerprint density at radius 2 is 2.32 bits per heavy atom. The molecule has 0 radical (unpaired) electrons. The van der Waals surface area contributed by atoms with Crippen LogP contribution >= 0.6 is 15.9 Å². The highest BCUT2D eigenvalue weighted by atomic mass is 79.9. The molecular formula is C13H16BrN5. The highest BCUT2D eigenvalue weighted by molar-refractivity contribution is 9.10. The van der Waals surface area contributed by atoms with Gasteiger partial charge in [-0.15, -0.1) is 0 Å². The smallest absolute Gasteiger partial charge is 0.189 e. The second-order valence-electron chi connectivity index (χ2n) is 4.36. The normalized spacial score (nSPS) is 11.8. The van der Waals surface area contributed by atoms with Crippen LogP contribution in [0.1, 0.15) is 12.6 Å². The van der Waals surface area contributed by atoms with Gasteiger partial charge in [-0.05, 0) is 35.0 Å². The number of fused-ring (bicyclic) bond motifs is 1. The topological polar surface area (TPSA) is 67.7 Å². The Bertz CT molecular complexity index is 629. The number of rotatable bonds is 4. The van der Waals surface area contributed by atoms with E-state index in [-0.39, 0.29) is 0 Å². The molecule has 2 aromatic heterocycles. The Hall–Kier alpha value is -1.82. The molecule has 2 heterocycles. The fourth-order valence-electron chi connectivity index (χ4n) is 1.56. The van der Waals surface area contributed by atoms with Gasteiger partial charge in [-0.2, -0.15) is 0 Å². The Labute approximate surface area is 120 Å². The second-order valence-corrected chi connectivity index (χ2v) is 5.27. The first-order valence-electron chi connectivity index (χ1n) is 5.86. The fraction of sp³-hybridized carbons (Fsp3) is 0.231. The molecule has 0 aliphatic rings. The lowest BCUT2D eigenvalue weighted by Gasteiger charge is -2.03. The van der Waals surface area contributed by atoms with Gasteiger partial charge < -0.3 is 15.5 Å². The summed E-state index contributed by atoms with van der Waals surface area (Å²) >= 11 is 3.42. The van der Waals surface area contributed by atoms with E-state index in [9.17, 15) is 0 Å². The molecule has 100 valence electrons. The molecule has 0 bridgehead atoms. The first kappa shape index (κ1) is 13.6. The lowest BCUT2D eigenvalue weighted by molar-refractivity contribution is 0.928. The van der Waals surface area contributed by atoms with Crippen LogP contribution in [0.5, 0.6) is 0 Å². The lowest BCUT2D eigenvalue weighted by atomic mass is 10.3. The molecule has 0 atom stereocenters. The number of nitrogens with two attached hydrogens (primary N) is 1. The standard InChI is InChI=1S/C13H16BrN5/c1-9(2)5-16-13(15)17-6-11-8-19-7-10(14)3-4-12(19)18-11/h3-4,7-8H,1,5-6H2,2H3,(H3,15,16,17). The van der Waals surface area contributed by atoms with Crippen molar-refractivity contribution < 1.29 is 0 Å². The molecule has 0 fully saturated rings. The van der Waals surface area contributed by atoms with Crippen molar-refractivity contribution in [2.24, 2.45) is 10.7 Å². The van der Waals surface area contributed by atoms with Gasteiger partial charge in [-0.1, -0.05) is 12.2 Å². The molecule has 0 aromatic carbocycles. The Morgan fingerprint density at radius 1 is 1.53 bits per heavy atom. The van der Waals surface area contributed by atoms with Crippen molar-refractivity contribution in [1.82, 2.24) is 14.7 Å². The summed E-state index contributed by atoms with van der Waals surface area (Å²) in [4.78, 5) is 8.69. The highest BCUT2D eigenvalue weighted by Crippen LogP contribution is 2.12. The van der Waals surface area contributed by atoms with Crippen molar-refractivity contribution in [3.8, 4) is 0 Å². The minimum absolute atomic E-state index is 0.404. The van der Waals surface area contributed by atoms with Gasteiger partial charge in [0.05, 0.1) is 12.2 Å². The summed E-state index contributed by atoms with van der Waals surface area (Å²) in [6.07, 6.45) is 3.90. The van der Waals surface area contributed by atoms with Crippen molar-refractivity contribution in [3.63, 3.8) is 0 Å². The second kappa shape index (κ2) is 5.88. The summed E-state index contributed by atoms with van der Waals surface area (Å²) in [6.45, 7) is 6.81. The van der Waals surface area contributed by atoms with E-state index in [1.165, 1.54) is 0 Å². The average Bonchev–Trinajstić information content (AvgIpc) is 2.75. The van der Waals surface area contributed by atoms with E-state index in [4.69, 9.17) is 5.73 Å². The maximum absolute atomic E-state index is 5.74. The molecule has 6 heteroatoms. The molecule has 0 aliphatic carbocycles. The van der Waals surface area contributed by atoms with Crippen LogP contribution in [0.3, 0.4) is 0 Å². The van der Waals surface area contributed by atoms with Gasteiger partial charge in [-0.3, -0.25) is 0 Å². The van der Waals surface area contributed by atoms with Crippen molar-refractivity contribution >= 4 is 27.5 Å². The van der Waals surface area contributed by atoms with Crippen molar-refractivity contribution in [1.29, 1.82) is 0 Å². The Morgan fingerprint density at radius 3 is 3.05 bits per heavy atom. The molecule has 3 N–H and O–H groups in total. The molecule has 19 heavy (non-hydrogen) atoms. The molecule has 0 amide bonds. The first-order valence-corrected chi connectivity index (χ1v) is 6.65. The summed E-state index contributed by atoms with van der Waals surface area (Å²) in [5.74, 6) is 0.404. The van der Waals surface area contributed by atoms with Crippen LogP contribution in [-0.4, -0.2) is 21.9 Å². The van der Waals surface area contributed by atoms with E-state index in [2.05, 4.69) is 37.8 Å². The van der Waals surface area contributed by atoms with E-state index in [0.29, 0.717) is 19.0 Å². The number of hydrogen-bond donors (Lipinski definition) is 2. The van der Waals surface area contributed by atoms with Crippen molar-refractivity contribution in [3.05, 3.63) is 46.8 Å². The highest BCUT2D eigenvalue weighted by Gasteiger charge is 2.01. The molecule has 0 spiro atoms. The molecule has 0 saturated carbocycles. The van der Waals surface area contributed by atoms with Gasteiger partial charge >= 0.3 is 0 Å². The maximum Gasteiger partial charge on any atom is 0.189 e. The molecule has 0 saturated heterocycles. The van der Waals surface area contributed by atoms with Gasteiger partial charge in [-0.25, -0.2) is 9.98 Å². The predicted octanol–water partition coefficient (Wildman–Crippen LogP) is 2.08. The van der Waals surface area contributed by atoms with Gasteiger partial charge in [0, 0.05) is 23.4 Å². The van der Waals surface area contributed by atoms with Crippen LogP contribution in [0.15, 0.2) is 46.1 Å². The number of pyridine rings is 1. The van der Waals surface area contributed by atoms with Crippen molar-refractivity contribution in [2.45, 2.75) is 13.5 Å². The number of nitrogens with one attached hydrogen (secondary N) is 1. The third-order valence-corrected chi connectivity index (χ3v) is 2.92. The molecule has 0 aliphatic heterocycles. The number of aliphatic imine (C=N–C) groups is 1. The van der Waals surface area contributed by atoms with Crippen LogP contribution in [0.4, 0.5) is 0 Å².